The Morgan fingerprint density at radius 2 is 1.93 bits per heavy atom. The molecule has 3 aromatic rings. The van der Waals surface area contributed by atoms with Gasteiger partial charge in [0, 0.05) is 35.8 Å². The number of rotatable bonds is 5. The molecule has 1 heterocycles. The zero-order chi connectivity index (χ0) is 21.1. The van der Waals surface area contributed by atoms with E-state index in [1.165, 1.54) is 0 Å². The van der Waals surface area contributed by atoms with E-state index in [9.17, 15) is 0 Å². The van der Waals surface area contributed by atoms with Gasteiger partial charge in [0.05, 0.1) is 23.5 Å². The molecular formula is C23H22ClN5O. The van der Waals surface area contributed by atoms with Crippen molar-refractivity contribution in [3.63, 3.8) is 0 Å². The second kappa shape index (κ2) is 8.55. The van der Waals surface area contributed by atoms with Gasteiger partial charge in [0.2, 0.25) is 5.95 Å². The number of para-hydroxylation sites is 1. The van der Waals surface area contributed by atoms with Crippen LogP contribution >= 0.6 is 11.6 Å². The van der Waals surface area contributed by atoms with Gasteiger partial charge in [-0.15, -0.1) is 0 Å². The maximum Gasteiger partial charge on any atom is 0.227 e. The van der Waals surface area contributed by atoms with E-state index < -0.39 is 0 Å². The number of methoxy groups -OCH3 is 1. The maximum absolute atomic E-state index is 8.65. The summed E-state index contributed by atoms with van der Waals surface area (Å²) in [4.78, 5) is 9.24. The predicted octanol–water partition coefficient (Wildman–Crippen LogP) is 4.94. The Hall–Kier alpha value is -3.38. The Kier molecular flexibility index (Phi) is 5.68. The number of nitrogens with zero attached hydrogens (tertiary/aromatic N) is 2. The first-order valence-electron chi connectivity index (χ1n) is 9.62. The molecule has 1 aliphatic rings. The second-order valence-corrected chi connectivity index (χ2v) is 7.29. The SMILES string of the molecule is CN/C(=C1\C(=N)CCc2cnc(Nc3ccccc3)nc21)c1ccc(OC)cc1Cl. The van der Waals surface area contributed by atoms with Crippen molar-refractivity contribution in [2.45, 2.75) is 12.8 Å². The Balaban J connectivity index is 1.84. The molecule has 6 nitrogen and oxygen atoms in total. The van der Waals surface area contributed by atoms with Gasteiger partial charge in [-0.1, -0.05) is 29.8 Å². The van der Waals surface area contributed by atoms with Crippen molar-refractivity contribution in [3.8, 4) is 5.75 Å². The van der Waals surface area contributed by atoms with E-state index in [2.05, 4.69) is 15.6 Å². The van der Waals surface area contributed by atoms with Crippen molar-refractivity contribution in [3.05, 3.63) is 76.6 Å². The first-order chi connectivity index (χ1) is 14.6. The van der Waals surface area contributed by atoms with Gasteiger partial charge >= 0.3 is 0 Å². The van der Waals surface area contributed by atoms with Crippen LogP contribution in [-0.4, -0.2) is 29.8 Å². The summed E-state index contributed by atoms with van der Waals surface area (Å²) in [6.07, 6.45) is 3.19. The molecule has 152 valence electrons. The second-order valence-electron chi connectivity index (χ2n) is 6.88. The number of nitrogens with one attached hydrogen (secondary N) is 3. The molecule has 2 aromatic carbocycles. The van der Waals surface area contributed by atoms with E-state index in [0.717, 1.165) is 40.2 Å². The van der Waals surface area contributed by atoms with Crippen LogP contribution < -0.4 is 15.4 Å². The topological polar surface area (TPSA) is 82.9 Å². The summed E-state index contributed by atoms with van der Waals surface area (Å²) < 4.78 is 5.27. The van der Waals surface area contributed by atoms with Gasteiger partial charge in [-0.3, -0.25) is 0 Å². The molecule has 7 heteroatoms. The zero-order valence-electron chi connectivity index (χ0n) is 16.8. The molecular weight excluding hydrogens is 398 g/mol. The molecule has 0 atom stereocenters. The number of hydrogen-bond acceptors (Lipinski definition) is 6. The molecule has 30 heavy (non-hydrogen) atoms. The molecule has 0 bridgehead atoms. The number of fused-ring (bicyclic) bond motifs is 1. The number of ether oxygens (including phenoxy) is 1. The van der Waals surface area contributed by atoms with Crippen molar-refractivity contribution in [1.82, 2.24) is 15.3 Å². The lowest BCUT2D eigenvalue weighted by Crippen LogP contribution is -2.20. The lowest BCUT2D eigenvalue weighted by molar-refractivity contribution is 0.415. The molecule has 0 amide bonds. The standard InChI is InChI=1S/C23H22ClN5O/c1-26-22(17-10-9-16(30-2)12-18(17)24)20-19(25)11-8-14-13-27-23(29-21(14)20)28-15-6-4-3-5-7-15/h3-7,9-10,12-13,25-26H,8,11H2,1-2H3,(H,27,28,29)/b22-20+,25-19?. The van der Waals surface area contributed by atoms with Crippen molar-refractivity contribution in [2.75, 3.05) is 19.5 Å². The van der Waals surface area contributed by atoms with Crippen molar-refractivity contribution < 1.29 is 4.74 Å². The number of anilines is 2. The summed E-state index contributed by atoms with van der Waals surface area (Å²) >= 11 is 6.54. The van der Waals surface area contributed by atoms with Crippen LogP contribution in [0, 0.1) is 5.41 Å². The van der Waals surface area contributed by atoms with Crippen LogP contribution in [0.15, 0.2) is 54.7 Å². The third-order valence-electron chi connectivity index (χ3n) is 5.02. The Labute approximate surface area is 180 Å². The predicted molar refractivity (Wildman–Crippen MR) is 122 cm³/mol. The maximum atomic E-state index is 8.65. The quantitative estimate of drug-likeness (QED) is 0.545. The smallest absolute Gasteiger partial charge is 0.227 e. The van der Waals surface area contributed by atoms with Gasteiger partial charge < -0.3 is 20.8 Å². The van der Waals surface area contributed by atoms with E-state index in [1.807, 2.05) is 55.7 Å². The summed E-state index contributed by atoms with van der Waals surface area (Å²) in [5.74, 6) is 1.17. The summed E-state index contributed by atoms with van der Waals surface area (Å²) in [7, 11) is 3.43. The molecule has 0 radical (unpaired) electrons. The van der Waals surface area contributed by atoms with Gasteiger partial charge in [-0.25, -0.2) is 9.97 Å². The molecule has 0 aliphatic heterocycles. The number of aryl methyl sites for hydroxylation is 1. The molecule has 0 unspecified atom stereocenters. The highest BCUT2D eigenvalue weighted by molar-refractivity contribution is 6.35. The molecule has 0 saturated heterocycles. The zero-order valence-corrected chi connectivity index (χ0v) is 17.5. The van der Waals surface area contributed by atoms with Crippen LogP contribution in [0.5, 0.6) is 5.75 Å². The summed E-state index contributed by atoms with van der Waals surface area (Å²) in [6, 6.07) is 15.3. The molecule has 1 aliphatic carbocycles. The fourth-order valence-corrected chi connectivity index (χ4v) is 3.80. The average Bonchev–Trinajstić information content (AvgIpc) is 2.77. The van der Waals surface area contributed by atoms with Gasteiger partial charge in [-0.2, -0.15) is 0 Å². The fourth-order valence-electron chi connectivity index (χ4n) is 3.53. The lowest BCUT2D eigenvalue weighted by Gasteiger charge is -2.23. The number of aromatic nitrogens is 2. The van der Waals surface area contributed by atoms with Crippen molar-refractivity contribution in [1.29, 1.82) is 5.41 Å². The normalized spacial score (nSPS) is 14.7. The molecule has 3 N–H and O–H groups in total. The van der Waals surface area contributed by atoms with E-state index in [1.54, 1.807) is 13.2 Å². The number of allylic oxidation sites excluding steroid dienone is 1. The fraction of sp³-hybridized carbons (Fsp3) is 0.174. The average molecular weight is 420 g/mol. The van der Waals surface area contributed by atoms with Crippen molar-refractivity contribution in [2.24, 2.45) is 0 Å². The number of halogens is 1. The van der Waals surface area contributed by atoms with E-state index in [0.29, 0.717) is 28.9 Å². The Morgan fingerprint density at radius 3 is 2.63 bits per heavy atom. The Bertz CT molecular complexity index is 1130. The Morgan fingerprint density at radius 1 is 1.13 bits per heavy atom. The van der Waals surface area contributed by atoms with Crippen LogP contribution in [0.25, 0.3) is 11.3 Å². The molecule has 1 aromatic heterocycles. The van der Waals surface area contributed by atoms with Crippen LogP contribution in [0.3, 0.4) is 0 Å². The highest BCUT2D eigenvalue weighted by Gasteiger charge is 2.26. The van der Waals surface area contributed by atoms with E-state index >= 15 is 0 Å². The van der Waals surface area contributed by atoms with Crippen molar-refractivity contribution >= 4 is 40.2 Å². The minimum Gasteiger partial charge on any atom is -0.497 e. The number of hydrogen-bond donors (Lipinski definition) is 3. The van der Waals surface area contributed by atoms with Crippen LogP contribution in [0.1, 0.15) is 23.2 Å². The lowest BCUT2D eigenvalue weighted by atomic mass is 9.87. The third-order valence-corrected chi connectivity index (χ3v) is 5.34. The van der Waals surface area contributed by atoms with E-state index in [4.69, 9.17) is 26.7 Å². The molecule has 0 saturated carbocycles. The minimum absolute atomic E-state index is 0.489. The van der Waals surface area contributed by atoms with Gasteiger partial charge in [0.1, 0.15) is 5.75 Å². The largest absolute Gasteiger partial charge is 0.497 e. The minimum atomic E-state index is 0.489. The summed E-state index contributed by atoms with van der Waals surface area (Å²) in [5, 5.41) is 15.7. The molecule has 4 rings (SSSR count). The molecule has 0 spiro atoms. The van der Waals surface area contributed by atoms with Crippen LogP contribution in [-0.2, 0) is 6.42 Å². The van der Waals surface area contributed by atoms with Crippen LogP contribution in [0.4, 0.5) is 11.6 Å². The summed E-state index contributed by atoms with van der Waals surface area (Å²) in [5.41, 5.74) is 5.47. The monoisotopic (exact) mass is 419 g/mol. The number of benzene rings is 2. The van der Waals surface area contributed by atoms with E-state index in [-0.39, 0.29) is 0 Å². The molecule has 0 fully saturated rings. The van der Waals surface area contributed by atoms with Crippen LogP contribution in [0.2, 0.25) is 5.02 Å². The third kappa shape index (κ3) is 3.86. The first kappa shape index (κ1) is 19.9. The highest BCUT2D eigenvalue weighted by Crippen LogP contribution is 2.36. The highest BCUT2D eigenvalue weighted by atomic mass is 35.5. The van der Waals surface area contributed by atoms with Gasteiger partial charge in [0.15, 0.2) is 0 Å². The summed E-state index contributed by atoms with van der Waals surface area (Å²) in [6.45, 7) is 0. The first-order valence-corrected chi connectivity index (χ1v) is 10.0. The van der Waals surface area contributed by atoms with Gasteiger partial charge in [0.25, 0.3) is 0 Å². The van der Waals surface area contributed by atoms with Gasteiger partial charge in [-0.05, 0) is 48.7 Å².